The van der Waals surface area contributed by atoms with Crippen molar-refractivity contribution in [3.05, 3.63) is 28.8 Å². The van der Waals surface area contributed by atoms with Gasteiger partial charge in [-0.3, -0.25) is 4.79 Å². The number of carbonyl (C=O) groups excluding carboxylic acids is 1. The summed E-state index contributed by atoms with van der Waals surface area (Å²) < 4.78 is 22.5. The molecule has 0 atom stereocenters. The average molecular weight is 322 g/mol. The molecular formula is C12H13Cl2NO3S. The number of halogens is 2. The van der Waals surface area contributed by atoms with Crippen molar-refractivity contribution in [3.63, 3.8) is 0 Å². The molecule has 2 rings (SSSR count). The van der Waals surface area contributed by atoms with Gasteiger partial charge in [-0.25, -0.2) is 8.42 Å². The van der Waals surface area contributed by atoms with E-state index in [1.165, 1.54) is 24.6 Å². The van der Waals surface area contributed by atoms with Gasteiger partial charge in [-0.2, -0.15) is 0 Å². The molecule has 19 heavy (non-hydrogen) atoms. The summed E-state index contributed by atoms with van der Waals surface area (Å²) in [6, 6.07) is 3.86. The Labute approximate surface area is 121 Å². The van der Waals surface area contributed by atoms with Gasteiger partial charge >= 0.3 is 0 Å². The van der Waals surface area contributed by atoms with Crippen LogP contribution in [0.1, 0.15) is 29.6 Å². The number of benzene rings is 1. The zero-order chi connectivity index (χ0) is 14.0. The Hall–Kier alpha value is -0.780. The van der Waals surface area contributed by atoms with Crippen molar-refractivity contribution in [1.29, 1.82) is 0 Å². The fraction of sp³-hybridized carbons (Fsp3) is 0.417. The second kappa shape index (κ2) is 5.69. The van der Waals surface area contributed by atoms with Gasteiger partial charge in [0, 0.05) is 27.8 Å². The number of hydrogen-bond donors (Lipinski definition) is 1. The summed E-state index contributed by atoms with van der Waals surface area (Å²) in [5.74, 6) is 0.190. The first kappa shape index (κ1) is 14.6. The van der Waals surface area contributed by atoms with E-state index in [0.717, 1.165) is 12.8 Å². The molecule has 1 aliphatic carbocycles. The molecule has 1 aliphatic rings. The Balaban J connectivity index is 2.14. The topological polar surface area (TPSA) is 63.2 Å². The maximum atomic E-state index is 11.9. The van der Waals surface area contributed by atoms with E-state index in [9.17, 15) is 13.2 Å². The lowest BCUT2D eigenvalue weighted by Gasteiger charge is -2.25. The Morgan fingerprint density at radius 3 is 2.53 bits per heavy atom. The molecule has 1 aromatic carbocycles. The van der Waals surface area contributed by atoms with Crippen LogP contribution >= 0.6 is 22.3 Å². The molecule has 1 N–H and O–H groups in total. The summed E-state index contributed by atoms with van der Waals surface area (Å²) in [6.45, 7) is 0.605. The predicted molar refractivity (Wildman–Crippen MR) is 74.2 cm³/mol. The van der Waals surface area contributed by atoms with Crippen LogP contribution in [0.4, 0.5) is 0 Å². The molecule has 0 radical (unpaired) electrons. The van der Waals surface area contributed by atoms with Crippen molar-refractivity contribution < 1.29 is 13.2 Å². The minimum Gasteiger partial charge on any atom is -0.352 e. The number of carbonyl (C=O) groups is 1. The quantitative estimate of drug-likeness (QED) is 0.867. The van der Waals surface area contributed by atoms with Gasteiger partial charge in [0.05, 0.1) is 4.90 Å². The third kappa shape index (κ3) is 3.84. The van der Waals surface area contributed by atoms with Crippen molar-refractivity contribution in [2.24, 2.45) is 5.92 Å². The van der Waals surface area contributed by atoms with Gasteiger partial charge in [-0.05, 0) is 37.0 Å². The van der Waals surface area contributed by atoms with E-state index in [4.69, 9.17) is 22.3 Å². The molecule has 0 bridgehead atoms. The number of nitrogens with one attached hydrogen (secondary N) is 1. The van der Waals surface area contributed by atoms with E-state index in [0.29, 0.717) is 12.5 Å². The lowest BCUT2D eigenvalue weighted by molar-refractivity contribution is 0.0939. The fourth-order valence-electron chi connectivity index (χ4n) is 1.87. The van der Waals surface area contributed by atoms with E-state index in [-0.39, 0.29) is 21.4 Å². The minimum absolute atomic E-state index is 0.163. The van der Waals surface area contributed by atoms with Crippen molar-refractivity contribution in [1.82, 2.24) is 5.32 Å². The fourth-order valence-corrected chi connectivity index (χ4v) is 2.97. The molecular weight excluding hydrogens is 309 g/mol. The van der Waals surface area contributed by atoms with Gasteiger partial charge in [-0.1, -0.05) is 18.0 Å². The summed E-state index contributed by atoms with van der Waals surface area (Å²) >= 11 is 5.80. The van der Waals surface area contributed by atoms with E-state index in [2.05, 4.69) is 5.32 Å². The largest absolute Gasteiger partial charge is 0.352 e. The lowest BCUT2D eigenvalue weighted by Crippen LogP contribution is -2.32. The van der Waals surface area contributed by atoms with E-state index >= 15 is 0 Å². The second-order valence-corrected chi connectivity index (χ2v) is 7.62. The molecule has 104 valence electrons. The highest BCUT2D eigenvalue weighted by molar-refractivity contribution is 8.13. The monoisotopic (exact) mass is 321 g/mol. The number of amides is 1. The van der Waals surface area contributed by atoms with E-state index in [1.54, 1.807) is 0 Å². The third-order valence-corrected chi connectivity index (χ3v) is 4.74. The van der Waals surface area contributed by atoms with Crippen molar-refractivity contribution in [2.75, 3.05) is 6.54 Å². The molecule has 0 heterocycles. The summed E-state index contributed by atoms with van der Waals surface area (Å²) in [5, 5.41) is 2.93. The maximum absolute atomic E-state index is 11.9. The van der Waals surface area contributed by atoms with Gasteiger partial charge in [0.15, 0.2) is 0 Å². The standard InChI is InChI=1S/C12H13Cl2NO3S/c13-10-4-9(5-11(6-10)19(14,17)18)12(16)15-7-8-2-1-3-8/h4-6,8H,1-3,7H2,(H,15,16). The third-order valence-electron chi connectivity index (χ3n) is 3.19. The van der Waals surface area contributed by atoms with Gasteiger partial charge in [-0.15, -0.1) is 0 Å². The minimum atomic E-state index is -3.90. The summed E-state index contributed by atoms with van der Waals surface area (Å²) in [4.78, 5) is 11.7. The van der Waals surface area contributed by atoms with Gasteiger partial charge in [0.2, 0.25) is 0 Å². The SMILES string of the molecule is O=C(NCC1CCC1)c1cc(Cl)cc(S(=O)(=O)Cl)c1. The Bertz CT molecular complexity index is 597. The molecule has 7 heteroatoms. The second-order valence-electron chi connectivity index (χ2n) is 4.62. The zero-order valence-corrected chi connectivity index (χ0v) is 12.4. The van der Waals surface area contributed by atoms with Crippen LogP contribution in [0.15, 0.2) is 23.1 Å². The smallest absolute Gasteiger partial charge is 0.261 e. The van der Waals surface area contributed by atoms with Crippen molar-refractivity contribution in [2.45, 2.75) is 24.2 Å². The summed E-state index contributed by atoms with van der Waals surface area (Å²) in [5.41, 5.74) is 0.200. The first-order valence-corrected chi connectivity index (χ1v) is 8.58. The number of hydrogen-bond acceptors (Lipinski definition) is 3. The van der Waals surface area contributed by atoms with Gasteiger partial charge in [0.25, 0.3) is 15.0 Å². The highest BCUT2D eigenvalue weighted by Crippen LogP contribution is 2.25. The maximum Gasteiger partial charge on any atom is 0.261 e. The van der Waals surface area contributed by atoms with Crippen LogP contribution in [0.5, 0.6) is 0 Å². The molecule has 0 aromatic heterocycles. The molecule has 0 aliphatic heterocycles. The van der Waals surface area contributed by atoms with Gasteiger partial charge in [0.1, 0.15) is 0 Å². The van der Waals surface area contributed by atoms with Crippen molar-refractivity contribution in [3.8, 4) is 0 Å². The Morgan fingerprint density at radius 2 is 2.00 bits per heavy atom. The summed E-state index contributed by atoms with van der Waals surface area (Å²) in [7, 11) is 1.35. The molecule has 0 spiro atoms. The Morgan fingerprint density at radius 1 is 1.32 bits per heavy atom. The van der Waals surface area contributed by atoms with Gasteiger partial charge < -0.3 is 5.32 Å². The zero-order valence-electron chi connectivity index (χ0n) is 10.0. The molecule has 0 unspecified atom stereocenters. The molecule has 0 saturated heterocycles. The molecule has 1 aromatic rings. The van der Waals surface area contributed by atoms with Crippen LogP contribution < -0.4 is 5.32 Å². The van der Waals surface area contributed by atoms with Crippen LogP contribution in [-0.2, 0) is 9.05 Å². The van der Waals surface area contributed by atoms with Crippen LogP contribution in [0.2, 0.25) is 5.02 Å². The van der Waals surface area contributed by atoms with Crippen LogP contribution in [0, 0.1) is 5.92 Å². The van der Waals surface area contributed by atoms with E-state index < -0.39 is 9.05 Å². The van der Waals surface area contributed by atoms with Crippen LogP contribution in [0.3, 0.4) is 0 Å². The lowest BCUT2D eigenvalue weighted by atomic mass is 9.85. The normalized spacial score (nSPS) is 15.9. The average Bonchev–Trinajstić information content (AvgIpc) is 2.24. The first-order valence-electron chi connectivity index (χ1n) is 5.90. The molecule has 4 nitrogen and oxygen atoms in total. The molecule has 1 saturated carbocycles. The number of rotatable bonds is 4. The van der Waals surface area contributed by atoms with E-state index in [1.807, 2.05) is 0 Å². The predicted octanol–water partition coefficient (Wildman–Crippen LogP) is 2.80. The van der Waals surface area contributed by atoms with Crippen LogP contribution in [0.25, 0.3) is 0 Å². The van der Waals surface area contributed by atoms with Crippen LogP contribution in [-0.4, -0.2) is 20.9 Å². The summed E-state index contributed by atoms with van der Waals surface area (Å²) in [6.07, 6.45) is 3.45. The highest BCUT2D eigenvalue weighted by atomic mass is 35.7. The molecule has 1 fully saturated rings. The Kier molecular flexibility index (Phi) is 4.38. The highest BCUT2D eigenvalue weighted by Gasteiger charge is 2.19. The van der Waals surface area contributed by atoms with Crippen molar-refractivity contribution >= 4 is 37.2 Å². The first-order chi connectivity index (χ1) is 8.86. The molecule has 1 amide bonds.